The zero-order valence-corrected chi connectivity index (χ0v) is 25.8. The van der Waals surface area contributed by atoms with Gasteiger partial charge in [-0.1, -0.05) is 157 Å². The zero-order chi connectivity index (χ0) is 43.3. The summed E-state index contributed by atoms with van der Waals surface area (Å²) in [4.78, 5) is 1.75. The summed E-state index contributed by atoms with van der Waals surface area (Å²) in [5.41, 5.74) is -0.0424. The Labute approximate surface area is 299 Å². The molecule has 9 rings (SSSR count). The minimum absolute atomic E-state index is 0.108. The Morgan fingerprint density at radius 1 is 0.396 bits per heavy atom. The van der Waals surface area contributed by atoms with Crippen LogP contribution in [0.2, 0.25) is 0 Å². The Kier molecular flexibility index (Phi) is 4.25. The van der Waals surface area contributed by atoms with Gasteiger partial charge in [0, 0.05) is 16.5 Å². The van der Waals surface area contributed by atoms with Crippen LogP contribution in [0.15, 0.2) is 182 Å². The third-order valence-corrected chi connectivity index (χ3v) is 8.79. The summed E-state index contributed by atoms with van der Waals surface area (Å²) >= 11 is 0. The van der Waals surface area contributed by atoms with Gasteiger partial charge in [-0.25, -0.2) is 0 Å². The molecule has 0 atom stereocenters. The first-order chi connectivity index (χ1) is 29.1. The molecule has 226 valence electrons. The van der Waals surface area contributed by atoms with Crippen molar-refractivity contribution in [1.82, 2.24) is 0 Å². The Balaban J connectivity index is 1.38. The first-order valence-corrected chi connectivity index (χ1v) is 15.6. The number of benzene rings is 9. The second kappa shape index (κ2) is 11.6. The van der Waals surface area contributed by atoms with Gasteiger partial charge in [-0.2, -0.15) is 0 Å². The molecule has 0 fully saturated rings. The van der Waals surface area contributed by atoms with Crippen LogP contribution < -0.4 is 4.90 Å². The first-order valence-electron chi connectivity index (χ1n) is 22.1. The predicted octanol–water partition coefficient (Wildman–Crippen LogP) is 13.4. The molecule has 0 spiro atoms. The van der Waals surface area contributed by atoms with E-state index in [0.717, 1.165) is 48.7 Å². The van der Waals surface area contributed by atoms with Crippen molar-refractivity contribution in [1.29, 1.82) is 0 Å². The van der Waals surface area contributed by atoms with E-state index in [4.69, 9.17) is 12.3 Å². The number of aryl methyl sites for hydroxylation is 1. The van der Waals surface area contributed by atoms with Crippen LogP contribution in [0.3, 0.4) is 0 Å². The molecule has 9 aromatic rings. The van der Waals surface area contributed by atoms with Gasteiger partial charge in [0.2, 0.25) is 0 Å². The zero-order valence-electron chi connectivity index (χ0n) is 38.8. The monoisotopic (exact) mass is 624 g/mol. The molecule has 0 aliphatic heterocycles. The molecule has 0 radical (unpaired) electrons. The summed E-state index contributed by atoms with van der Waals surface area (Å²) in [6, 6.07) is 24.6. The highest BCUT2D eigenvalue weighted by molar-refractivity contribution is 6.19. The van der Waals surface area contributed by atoms with E-state index in [9.17, 15) is 5.48 Å². The number of nitrogens with zero attached hydrogens (tertiary/aromatic N) is 1. The average molecular weight is 625 g/mol. The van der Waals surface area contributed by atoms with E-state index in [1.54, 1.807) is 4.90 Å². The van der Waals surface area contributed by atoms with Gasteiger partial charge < -0.3 is 4.90 Å². The van der Waals surface area contributed by atoms with Crippen LogP contribution in [0.5, 0.6) is 0 Å². The average Bonchev–Trinajstić information content (AvgIpc) is 3.27. The van der Waals surface area contributed by atoms with Crippen LogP contribution in [0, 0.1) is 6.92 Å². The maximum Gasteiger partial charge on any atom is 0.0645 e. The van der Waals surface area contributed by atoms with E-state index >= 15 is 0 Å². The van der Waals surface area contributed by atoms with E-state index in [0.29, 0.717) is 11.4 Å². The molecule has 0 aromatic heterocycles. The van der Waals surface area contributed by atoms with Gasteiger partial charge in [-0.15, -0.1) is 0 Å². The highest BCUT2D eigenvalue weighted by atomic mass is 15.1. The lowest BCUT2D eigenvalue weighted by molar-refractivity contribution is 1.32. The highest BCUT2D eigenvalue weighted by Gasteiger charge is 2.21. The highest BCUT2D eigenvalue weighted by Crippen LogP contribution is 2.46. The lowest BCUT2D eigenvalue weighted by atomic mass is 9.95. The minimum Gasteiger partial charge on any atom is -0.309 e. The summed E-state index contributed by atoms with van der Waals surface area (Å²) in [6.07, 6.45) is 0. The maximum absolute atomic E-state index is 9.73. The number of fused-ring (bicyclic) bond motifs is 6. The number of rotatable bonds is 5. The standard InChI is InChI=1S/C47H33N/c1-32-12-11-21-42-41-18-8-10-20-44(41)47(31-45(32)42)48(46-30-37-15-5-6-16-39(37)40-17-7-9-19-43(40)46)38-28-26-36(27-29-38)35-24-22-34(23-25-35)33-13-3-2-4-14-33/h2-31H,1H3/i2D,3D,4D,13D,14D,22D,23D,24D,25D,26D,27D,28D,29D. The van der Waals surface area contributed by atoms with E-state index in [2.05, 4.69) is 0 Å². The molecule has 9 aromatic carbocycles. The summed E-state index contributed by atoms with van der Waals surface area (Å²) < 4.78 is 116. The van der Waals surface area contributed by atoms with Crippen molar-refractivity contribution in [3.63, 3.8) is 0 Å². The fraction of sp³-hybridized carbons (Fsp3) is 0.0213. The Hall–Kier alpha value is -6.18. The lowest BCUT2D eigenvalue weighted by Crippen LogP contribution is -2.11. The Morgan fingerprint density at radius 2 is 0.854 bits per heavy atom. The van der Waals surface area contributed by atoms with Crippen molar-refractivity contribution in [2.45, 2.75) is 6.92 Å². The van der Waals surface area contributed by atoms with Gasteiger partial charge in [0.25, 0.3) is 0 Å². The van der Waals surface area contributed by atoms with E-state index < -0.39 is 101 Å². The quantitative estimate of drug-likeness (QED) is 0.172. The minimum atomic E-state index is -0.766. The van der Waals surface area contributed by atoms with Crippen molar-refractivity contribution in [2.75, 3.05) is 4.90 Å². The molecular formula is C47H33N. The molecule has 0 N–H and O–H groups in total. The largest absolute Gasteiger partial charge is 0.309 e. The molecule has 0 aliphatic carbocycles. The number of hydrogen-bond donors (Lipinski definition) is 0. The van der Waals surface area contributed by atoms with Crippen molar-refractivity contribution < 1.29 is 17.8 Å². The van der Waals surface area contributed by atoms with Gasteiger partial charge >= 0.3 is 0 Å². The smallest absolute Gasteiger partial charge is 0.0645 e. The van der Waals surface area contributed by atoms with Crippen LogP contribution >= 0.6 is 0 Å². The van der Waals surface area contributed by atoms with Crippen LogP contribution in [0.25, 0.3) is 65.3 Å². The van der Waals surface area contributed by atoms with Crippen molar-refractivity contribution >= 4 is 60.2 Å². The molecule has 0 aliphatic rings. The molecule has 0 amide bonds. The van der Waals surface area contributed by atoms with Crippen LogP contribution in [-0.4, -0.2) is 0 Å². The Morgan fingerprint density at radius 3 is 1.50 bits per heavy atom. The van der Waals surface area contributed by atoms with Crippen molar-refractivity contribution in [2.24, 2.45) is 0 Å². The molecule has 0 heterocycles. The second-order valence-electron chi connectivity index (χ2n) is 11.6. The molecule has 0 bridgehead atoms. The molecule has 48 heavy (non-hydrogen) atoms. The van der Waals surface area contributed by atoms with Gasteiger partial charge in [-0.3, -0.25) is 0 Å². The van der Waals surface area contributed by atoms with Crippen LogP contribution in [0.1, 0.15) is 23.4 Å². The summed E-state index contributed by atoms with van der Waals surface area (Å²) in [5.74, 6) is 0. The molecule has 0 saturated carbocycles. The third kappa shape index (κ3) is 4.71. The van der Waals surface area contributed by atoms with Gasteiger partial charge in [-0.05, 0) is 91.3 Å². The number of anilines is 3. The van der Waals surface area contributed by atoms with Gasteiger partial charge in [0.15, 0.2) is 0 Å². The SMILES string of the molecule is [2H]c1c([2H])c([2H])c(-c2c([2H])c([2H])c(-c3c([2H])c([2H])c(N(c4cc5ccccc5c5ccccc45)c4cc5c(C)cccc5c5ccccc45)c([2H])c3[2H])c([2H])c2[2H])c([2H])c1[2H]. The normalized spacial score (nSPS) is 15.2. The molecular weight excluding hydrogens is 579 g/mol. The van der Waals surface area contributed by atoms with E-state index in [1.165, 1.54) is 0 Å². The molecule has 1 heteroatoms. The van der Waals surface area contributed by atoms with Gasteiger partial charge in [0.05, 0.1) is 29.2 Å². The maximum atomic E-state index is 9.73. The molecule has 1 nitrogen and oxygen atoms in total. The Bertz CT molecular complexity index is 3290. The topological polar surface area (TPSA) is 3.24 Å². The summed E-state index contributed by atoms with van der Waals surface area (Å²) in [5, 5.41) is 7.12. The first kappa shape index (κ1) is 17.7. The third-order valence-electron chi connectivity index (χ3n) is 8.79. The van der Waals surface area contributed by atoms with Crippen LogP contribution in [-0.2, 0) is 0 Å². The fourth-order valence-corrected chi connectivity index (χ4v) is 6.52. The summed E-state index contributed by atoms with van der Waals surface area (Å²) in [6.45, 7) is 2.00. The fourth-order valence-electron chi connectivity index (χ4n) is 6.52. The lowest BCUT2D eigenvalue weighted by Gasteiger charge is -2.29. The van der Waals surface area contributed by atoms with E-state index in [1.807, 2.05) is 110 Å². The van der Waals surface area contributed by atoms with Gasteiger partial charge in [0.1, 0.15) is 0 Å². The molecule has 0 saturated heterocycles. The van der Waals surface area contributed by atoms with Crippen molar-refractivity contribution in [3.05, 3.63) is 187 Å². The molecule has 0 unspecified atom stereocenters. The van der Waals surface area contributed by atoms with E-state index in [-0.39, 0.29) is 5.69 Å². The number of hydrogen-bond acceptors (Lipinski definition) is 1. The summed E-state index contributed by atoms with van der Waals surface area (Å²) in [7, 11) is 0. The van der Waals surface area contributed by atoms with Crippen LogP contribution in [0.4, 0.5) is 17.1 Å². The van der Waals surface area contributed by atoms with Crippen molar-refractivity contribution in [3.8, 4) is 22.3 Å². The second-order valence-corrected chi connectivity index (χ2v) is 11.6. The predicted molar refractivity (Wildman–Crippen MR) is 207 cm³/mol.